The third-order valence-electron chi connectivity index (χ3n) is 2.72. The first-order valence-corrected chi connectivity index (χ1v) is 5.75. The van der Waals surface area contributed by atoms with Gasteiger partial charge in [-0.25, -0.2) is 9.78 Å². The zero-order chi connectivity index (χ0) is 13.0. The molecule has 0 radical (unpaired) electrons. The fourth-order valence-electron chi connectivity index (χ4n) is 1.34. The maximum absolute atomic E-state index is 11.2. The Hall–Kier alpha value is -0.610. The van der Waals surface area contributed by atoms with E-state index >= 15 is 0 Å². The van der Waals surface area contributed by atoms with Gasteiger partial charge in [0, 0.05) is 0 Å². The largest absolute Gasteiger partial charge is 0.481 e. The topological polar surface area (TPSA) is 55.8 Å². The third kappa shape index (κ3) is 4.10. The zero-order valence-corrected chi connectivity index (χ0v) is 11.2. The molecule has 4 nitrogen and oxygen atoms in total. The average Bonchev–Trinajstić information content (AvgIpc) is 2.16. The molecule has 0 aliphatic heterocycles. The molecule has 0 spiro atoms. The van der Waals surface area contributed by atoms with Crippen molar-refractivity contribution in [3.63, 3.8) is 0 Å². The Kier molecular flexibility index (Phi) is 5.42. The van der Waals surface area contributed by atoms with Crippen LogP contribution in [0.5, 0.6) is 0 Å². The minimum Gasteiger partial charge on any atom is -0.481 e. The number of hydrogen-bond donors (Lipinski definition) is 1. The van der Waals surface area contributed by atoms with Crippen molar-refractivity contribution in [2.24, 2.45) is 5.41 Å². The van der Waals surface area contributed by atoms with Crippen molar-refractivity contribution in [3.8, 4) is 0 Å². The highest BCUT2D eigenvalue weighted by atomic mass is 17.2. The highest BCUT2D eigenvalue weighted by molar-refractivity contribution is 5.74. The van der Waals surface area contributed by atoms with Gasteiger partial charge in [0.05, 0.1) is 11.0 Å². The lowest BCUT2D eigenvalue weighted by molar-refractivity contribution is -0.386. The van der Waals surface area contributed by atoms with Gasteiger partial charge in [-0.05, 0) is 40.5 Å². The normalized spacial score (nSPS) is 17.9. The summed E-state index contributed by atoms with van der Waals surface area (Å²) in [5.74, 6) is -0.848. The molecule has 96 valence electrons. The molecule has 0 heterocycles. The fraction of sp³-hybridized carbons (Fsp3) is 0.917. The van der Waals surface area contributed by atoms with E-state index in [9.17, 15) is 9.90 Å². The van der Waals surface area contributed by atoms with Crippen molar-refractivity contribution in [1.29, 1.82) is 0 Å². The number of rotatable bonds is 6. The third-order valence-corrected chi connectivity index (χ3v) is 2.72. The first-order valence-electron chi connectivity index (χ1n) is 5.75. The Morgan fingerprint density at radius 3 is 2.00 bits per heavy atom. The molecule has 0 saturated carbocycles. The van der Waals surface area contributed by atoms with Gasteiger partial charge in [0.25, 0.3) is 0 Å². The highest BCUT2D eigenvalue weighted by Crippen LogP contribution is 2.31. The van der Waals surface area contributed by atoms with E-state index in [4.69, 9.17) is 9.78 Å². The van der Waals surface area contributed by atoms with Gasteiger partial charge < -0.3 is 5.11 Å². The monoisotopic (exact) mass is 232 g/mol. The molecule has 0 fully saturated rings. The van der Waals surface area contributed by atoms with E-state index in [0.717, 1.165) is 0 Å². The molecule has 0 rings (SSSR count). The second-order valence-electron chi connectivity index (χ2n) is 5.26. The standard InChI is InChI=1S/C12H24O4/c1-7-9(15-16-11(3,4)5)12(6,8-2)10(13)14/h9H,7-8H2,1-6H3,(H,13,14). The summed E-state index contributed by atoms with van der Waals surface area (Å²) in [5.41, 5.74) is -1.33. The lowest BCUT2D eigenvalue weighted by Gasteiger charge is -2.33. The smallest absolute Gasteiger partial charge is 0.312 e. The lowest BCUT2D eigenvalue weighted by atomic mass is 9.80. The highest BCUT2D eigenvalue weighted by Gasteiger charge is 2.41. The Labute approximate surface area is 97.9 Å². The van der Waals surface area contributed by atoms with E-state index in [1.54, 1.807) is 6.92 Å². The van der Waals surface area contributed by atoms with E-state index in [0.29, 0.717) is 12.8 Å². The van der Waals surface area contributed by atoms with Crippen LogP contribution in [-0.4, -0.2) is 22.8 Å². The Balaban J connectivity index is 4.64. The van der Waals surface area contributed by atoms with Gasteiger partial charge in [-0.3, -0.25) is 4.79 Å². The molecule has 0 aliphatic rings. The van der Waals surface area contributed by atoms with Gasteiger partial charge in [0.1, 0.15) is 6.10 Å². The van der Waals surface area contributed by atoms with Gasteiger partial charge in [-0.15, -0.1) is 0 Å². The first-order chi connectivity index (χ1) is 7.17. The molecule has 0 amide bonds. The van der Waals surface area contributed by atoms with E-state index in [1.165, 1.54) is 0 Å². The quantitative estimate of drug-likeness (QED) is 0.565. The van der Waals surface area contributed by atoms with Crippen LogP contribution in [0.2, 0.25) is 0 Å². The van der Waals surface area contributed by atoms with E-state index in [2.05, 4.69) is 0 Å². The predicted molar refractivity (Wildman–Crippen MR) is 62.0 cm³/mol. The van der Waals surface area contributed by atoms with Crippen LogP contribution < -0.4 is 0 Å². The molecule has 4 heteroatoms. The molecule has 2 unspecified atom stereocenters. The van der Waals surface area contributed by atoms with Crippen molar-refractivity contribution >= 4 is 5.97 Å². The lowest BCUT2D eigenvalue weighted by Crippen LogP contribution is -2.42. The number of aliphatic carboxylic acids is 1. The average molecular weight is 232 g/mol. The predicted octanol–water partition coefficient (Wildman–Crippen LogP) is 3.01. The van der Waals surface area contributed by atoms with Crippen molar-refractivity contribution in [2.45, 2.75) is 66.1 Å². The molecule has 0 aromatic rings. The van der Waals surface area contributed by atoms with Crippen LogP contribution in [0.4, 0.5) is 0 Å². The van der Waals surface area contributed by atoms with Crippen LogP contribution in [0, 0.1) is 5.41 Å². The number of carbonyl (C=O) groups is 1. The summed E-state index contributed by atoms with van der Waals surface area (Å²) >= 11 is 0. The van der Waals surface area contributed by atoms with Gasteiger partial charge in [0.15, 0.2) is 0 Å². The Morgan fingerprint density at radius 1 is 1.25 bits per heavy atom. The molecular weight excluding hydrogens is 208 g/mol. The molecule has 16 heavy (non-hydrogen) atoms. The minimum atomic E-state index is -0.903. The van der Waals surface area contributed by atoms with Gasteiger partial charge >= 0.3 is 5.97 Å². The number of carboxylic acid groups (broad SMARTS) is 1. The summed E-state index contributed by atoms with van der Waals surface area (Å²) in [6.45, 7) is 11.0. The van der Waals surface area contributed by atoms with Crippen LogP contribution in [-0.2, 0) is 14.6 Å². The van der Waals surface area contributed by atoms with Crippen LogP contribution in [0.3, 0.4) is 0 Å². The van der Waals surface area contributed by atoms with Crippen LogP contribution in [0.1, 0.15) is 54.4 Å². The summed E-state index contributed by atoms with van der Waals surface area (Å²) < 4.78 is 0. The fourth-order valence-corrected chi connectivity index (χ4v) is 1.34. The molecule has 1 N–H and O–H groups in total. The Bertz CT molecular complexity index is 232. The summed E-state index contributed by atoms with van der Waals surface area (Å²) in [5, 5.41) is 9.23. The Morgan fingerprint density at radius 2 is 1.75 bits per heavy atom. The first kappa shape index (κ1) is 15.4. The van der Waals surface area contributed by atoms with Crippen molar-refractivity contribution in [1.82, 2.24) is 0 Å². The van der Waals surface area contributed by atoms with Gasteiger partial charge in [-0.2, -0.15) is 0 Å². The number of hydrogen-bond acceptors (Lipinski definition) is 3. The summed E-state index contributed by atoms with van der Waals surface area (Å²) in [6, 6.07) is 0. The minimum absolute atomic E-state index is 0.430. The summed E-state index contributed by atoms with van der Waals surface area (Å²) in [4.78, 5) is 21.8. The van der Waals surface area contributed by atoms with E-state index in [-0.39, 0.29) is 0 Å². The SMILES string of the molecule is CCC(OOC(C)(C)C)C(C)(CC)C(=O)O. The van der Waals surface area contributed by atoms with Crippen LogP contribution in [0.25, 0.3) is 0 Å². The molecule has 0 aromatic carbocycles. The van der Waals surface area contributed by atoms with Crippen LogP contribution >= 0.6 is 0 Å². The molecule has 2 atom stereocenters. The molecule has 0 aliphatic carbocycles. The molecule has 0 aromatic heterocycles. The van der Waals surface area contributed by atoms with Gasteiger partial charge in [-0.1, -0.05) is 13.8 Å². The van der Waals surface area contributed by atoms with Crippen molar-refractivity contribution < 1.29 is 19.7 Å². The summed E-state index contributed by atoms with van der Waals surface area (Å²) in [7, 11) is 0. The second-order valence-corrected chi connectivity index (χ2v) is 5.26. The van der Waals surface area contributed by atoms with E-state index < -0.39 is 23.1 Å². The second kappa shape index (κ2) is 5.64. The van der Waals surface area contributed by atoms with Crippen LogP contribution in [0.15, 0.2) is 0 Å². The summed E-state index contributed by atoms with van der Waals surface area (Å²) in [6.07, 6.45) is 0.676. The van der Waals surface area contributed by atoms with Crippen molar-refractivity contribution in [3.05, 3.63) is 0 Å². The maximum Gasteiger partial charge on any atom is 0.312 e. The molecular formula is C12H24O4. The number of carboxylic acids is 1. The molecule has 0 saturated heterocycles. The van der Waals surface area contributed by atoms with E-state index in [1.807, 2.05) is 34.6 Å². The zero-order valence-electron chi connectivity index (χ0n) is 11.2. The maximum atomic E-state index is 11.2. The van der Waals surface area contributed by atoms with Crippen molar-refractivity contribution in [2.75, 3.05) is 0 Å². The van der Waals surface area contributed by atoms with Gasteiger partial charge in [0.2, 0.25) is 0 Å². The molecule has 0 bridgehead atoms.